The molecule has 3 N–H and O–H groups in total. The van der Waals surface area contributed by atoms with Crippen LogP contribution in [0.5, 0.6) is 0 Å². The van der Waals surface area contributed by atoms with Gasteiger partial charge < -0.3 is 11.1 Å². The molecule has 2 aromatic rings. The van der Waals surface area contributed by atoms with Gasteiger partial charge in [0, 0.05) is 12.6 Å². The molecule has 0 saturated carbocycles. The standard InChI is InChI=1S/C15H18N4O2/c1-11-14(19(20)21)6-7-15(18-11)17-10-13-4-2-12(3-5-13)8-9-16/h2-7H,8-10,16H2,1H3,(H,17,18). The number of pyridine rings is 1. The fourth-order valence-electron chi connectivity index (χ4n) is 2.03. The summed E-state index contributed by atoms with van der Waals surface area (Å²) in [6.45, 7) is 2.89. The van der Waals surface area contributed by atoms with Crippen LogP contribution in [0.2, 0.25) is 0 Å². The van der Waals surface area contributed by atoms with Crippen LogP contribution in [0, 0.1) is 17.0 Å². The summed E-state index contributed by atoms with van der Waals surface area (Å²) in [4.78, 5) is 14.5. The summed E-state index contributed by atoms with van der Waals surface area (Å²) in [6, 6.07) is 11.3. The van der Waals surface area contributed by atoms with Crippen LogP contribution in [-0.4, -0.2) is 16.5 Å². The van der Waals surface area contributed by atoms with Crippen molar-refractivity contribution in [1.82, 2.24) is 4.98 Å². The molecule has 0 radical (unpaired) electrons. The Hall–Kier alpha value is -2.47. The van der Waals surface area contributed by atoms with Gasteiger partial charge in [-0.3, -0.25) is 10.1 Å². The first kappa shape index (κ1) is 14.9. The van der Waals surface area contributed by atoms with Gasteiger partial charge in [-0.2, -0.15) is 0 Å². The normalized spacial score (nSPS) is 10.4. The van der Waals surface area contributed by atoms with Crippen molar-refractivity contribution in [1.29, 1.82) is 0 Å². The van der Waals surface area contributed by atoms with Crippen LogP contribution >= 0.6 is 0 Å². The second-order valence-corrected chi connectivity index (χ2v) is 4.77. The average molecular weight is 286 g/mol. The van der Waals surface area contributed by atoms with Crippen LogP contribution in [0.25, 0.3) is 0 Å². The van der Waals surface area contributed by atoms with Crippen molar-refractivity contribution in [3.05, 3.63) is 63.3 Å². The molecule has 0 unspecified atom stereocenters. The summed E-state index contributed by atoms with van der Waals surface area (Å²) in [5.41, 5.74) is 8.28. The molecule has 0 aliphatic rings. The van der Waals surface area contributed by atoms with Crippen molar-refractivity contribution in [2.24, 2.45) is 5.73 Å². The maximum atomic E-state index is 10.7. The van der Waals surface area contributed by atoms with Crippen LogP contribution in [-0.2, 0) is 13.0 Å². The third kappa shape index (κ3) is 4.00. The van der Waals surface area contributed by atoms with Gasteiger partial charge in [0.2, 0.25) is 0 Å². The number of nitrogens with zero attached hydrogens (tertiary/aromatic N) is 2. The molecule has 0 amide bonds. The van der Waals surface area contributed by atoms with Gasteiger partial charge in [-0.25, -0.2) is 4.98 Å². The third-order valence-corrected chi connectivity index (χ3v) is 3.18. The average Bonchev–Trinajstić information content (AvgIpc) is 2.46. The maximum absolute atomic E-state index is 10.7. The van der Waals surface area contributed by atoms with Crippen molar-refractivity contribution in [2.75, 3.05) is 11.9 Å². The van der Waals surface area contributed by atoms with E-state index in [0.717, 1.165) is 12.0 Å². The van der Waals surface area contributed by atoms with E-state index in [4.69, 9.17) is 5.73 Å². The van der Waals surface area contributed by atoms with Crippen LogP contribution < -0.4 is 11.1 Å². The van der Waals surface area contributed by atoms with E-state index in [-0.39, 0.29) is 5.69 Å². The highest BCUT2D eigenvalue weighted by molar-refractivity contribution is 5.45. The molecule has 110 valence electrons. The molecule has 6 nitrogen and oxygen atoms in total. The minimum absolute atomic E-state index is 0.0340. The number of nitro groups is 1. The highest BCUT2D eigenvalue weighted by Gasteiger charge is 2.11. The molecule has 1 heterocycles. The number of hydrogen-bond acceptors (Lipinski definition) is 5. The molecular weight excluding hydrogens is 268 g/mol. The first-order chi connectivity index (χ1) is 10.1. The molecule has 1 aromatic heterocycles. The number of benzene rings is 1. The highest BCUT2D eigenvalue weighted by atomic mass is 16.6. The lowest BCUT2D eigenvalue weighted by Crippen LogP contribution is -2.05. The van der Waals surface area contributed by atoms with Crippen molar-refractivity contribution < 1.29 is 4.92 Å². The zero-order valence-electron chi connectivity index (χ0n) is 11.9. The number of nitrogens with one attached hydrogen (secondary N) is 1. The Labute approximate surface area is 123 Å². The first-order valence-electron chi connectivity index (χ1n) is 6.74. The molecule has 0 bridgehead atoms. The van der Waals surface area contributed by atoms with Crippen LogP contribution in [0.3, 0.4) is 0 Å². The van der Waals surface area contributed by atoms with E-state index < -0.39 is 4.92 Å². The molecule has 0 aliphatic carbocycles. The van der Waals surface area contributed by atoms with E-state index >= 15 is 0 Å². The summed E-state index contributed by atoms with van der Waals surface area (Å²) in [5, 5.41) is 13.9. The SMILES string of the molecule is Cc1nc(NCc2ccc(CCN)cc2)ccc1[N+](=O)[O-]. The molecule has 0 aliphatic heterocycles. The molecule has 0 spiro atoms. The van der Waals surface area contributed by atoms with Gasteiger partial charge in [-0.1, -0.05) is 24.3 Å². The smallest absolute Gasteiger partial charge is 0.290 e. The van der Waals surface area contributed by atoms with Crippen molar-refractivity contribution in [3.63, 3.8) is 0 Å². The molecule has 1 aromatic carbocycles. The maximum Gasteiger partial charge on any atom is 0.290 e. The summed E-state index contributed by atoms with van der Waals surface area (Å²) in [5.74, 6) is 0.629. The molecule has 0 atom stereocenters. The molecule has 0 fully saturated rings. The van der Waals surface area contributed by atoms with Gasteiger partial charge in [0.15, 0.2) is 0 Å². The Bertz CT molecular complexity index is 626. The number of nitrogens with two attached hydrogens (primary N) is 1. The van der Waals surface area contributed by atoms with E-state index in [1.54, 1.807) is 13.0 Å². The highest BCUT2D eigenvalue weighted by Crippen LogP contribution is 2.18. The van der Waals surface area contributed by atoms with Gasteiger partial charge in [0.1, 0.15) is 11.5 Å². The van der Waals surface area contributed by atoms with E-state index in [1.807, 2.05) is 12.1 Å². The predicted molar refractivity (Wildman–Crippen MR) is 82.2 cm³/mol. The summed E-state index contributed by atoms with van der Waals surface area (Å²) >= 11 is 0. The number of rotatable bonds is 6. The minimum Gasteiger partial charge on any atom is -0.366 e. The summed E-state index contributed by atoms with van der Waals surface area (Å²) in [6.07, 6.45) is 0.872. The van der Waals surface area contributed by atoms with Gasteiger partial charge >= 0.3 is 0 Å². The molecule has 0 saturated heterocycles. The van der Waals surface area contributed by atoms with Crippen molar-refractivity contribution in [3.8, 4) is 0 Å². The van der Waals surface area contributed by atoms with Crippen molar-refractivity contribution in [2.45, 2.75) is 19.9 Å². The third-order valence-electron chi connectivity index (χ3n) is 3.18. The topological polar surface area (TPSA) is 94.1 Å². The van der Waals surface area contributed by atoms with E-state index in [1.165, 1.54) is 11.6 Å². The van der Waals surface area contributed by atoms with Gasteiger partial charge in [-0.05, 0) is 37.1 Å². The van der Waals surface area contributed by atoms with E-state index in [2.05, 4.69) is 22.4 Å². The zero-order valence-corrected chi connectivity index (χ0v) is 11.9. The molecule has 2 rings (SSSR count). The van der Waals surface area contributed by atoms with Crippen LogP contribution in [0.1, 0.15) is 16.8 Å². The fraction of sp³-hybridized carbons (Fsp3) is 0.267. The Morgan fingerprint density at radius 3 is 2.43 bits per heavy atom. The summed E-state index contributed by atoms with van der Waals surface area (Å²) < 4.78 is 0. The fourth-order valence-corrected chi connectivity index (χ4v) is 2.03. The number of aryl methyl sites for hydroxylation is 1. The van der Waals surface area contributed by atoms with E-state index in [0.29, 0.717) is 24.6 Å². The monoisotopic (exact) mass is 286 g/mol. The van der Waals surface area contributed by atoms with Crippen molar-refractivity contribution >= 4 is 11.5 Å². The Morgan fingerprint density at radius 2 is 1.86 bits per heavy atom. The first-order valence-corrected chi connectivity index (χ1v) is 6.74. The predicted octanol–water partition coefficient (Wildman–Crippen LogP) is 2.41. The lowest BCUT2D eigenvalue weighted by Gasteiger charge is -2.07. The van der Waals surface area contributed by atoms with Gasteiger partial charge in [-0.15, -0.1) is 0 Å². The Morgan fingerprint density at radius 1 is 1.19 bits per heavy atom. The second kappa shape index (κ2) is 6.81. The number of anilines is 1. The summed E-state index contributed by atoms with van der Waals surface area (Å²) in [7, 11) is 0. The lowest BCUT2D eigenvalue weighted by atomic mass is 10.1. The molecular formula is C15H18N4O2. The quantitative estimate of drug-likeness (QED) is 0.628. The van der Waals surface area contributed by atoms with Crippen LogP contribution in [0.4, 0.5) is 11.5 Å². The zero-order chi connectivity index (χ0) is 15.2. The van der Waals surface area contributed by atoms with Gasteiger partial charge in [0.05, 0.1) is 4.92 Å². The molecule has 21 heavy (non-hydrogen) atoms. The lowest BCUT2D eigenvalue weighted by molar-refractivity contribution is -0.385. The second-order valence-electron chi connectivity index (χ2n) is 4.77. The Balaban J connectivity index is 1.99. The van der Waals surface area contributed by atoms with Crippen LogP contribution in [0.15, 0.2) is 36.4 Å². The Kier molecular flexibility index (Phi) is 4.84. The number of aromatic nitrogens is 1. The van der Waals surface area contributed by atoms with Gasteiger partial charge in [0.25, 0.3) is 5.69 Å². The van der Waals surface area contributed by atoms with E-state index in [9.17, 15) is 10.1 Å². The largest absolute Gasteiger partial charge is 0.366 e. The minimum atomic E-state index is -0.428. The molecule has 6 heteroatoms. The number of hydrogen-bond donors (Lipinski definition) is 2.